The number of aryl methyl sites for hydroxylation is 1. The molecule has 0 aromatic heterocycles. The smallest absolute Gasteiger partial charge is 0.326 e. The van der Waals surface area contributed by atoms with Crippen LogP contribution in [0.3, 0.4) is 0 Å². The molecule has 1 N–H and O–H groups in total. The van der Waals surface area contributed by atoms with Crippen molar-refractivity contribution < 1.29 is 33.4 Å². The topological polar surface area (TPSA) is 111 Å². The molecule has 1 fully saturated rings. The first-order valence-electron chi connectivity index (χ1n) is 10.5. The third-order valence-electron chi connectivity index (χ3n) is 4.70. The van der Waals surface area contributed by atoms with Gasteiger partial charge in [-0.05, 0) is 77.4 Å². The third-order valence-corrected chi connectivity index (χ3v) is 6.20. The van der Waals surface area contributed by atoms with Crippen LogP contribution in [0.2, 0.25) is 0 Å². The van der Waals surface area contributed by atoms with Gasteiger partial charge in [0, 0.05) is 5.69 Å². The summed E-state index contributed by atoms with van der Waals surface area (Å²) >= 11 is 4.13. The van der Waals surface area contributed by atoms with Gasteiger partial charge >= 0.3 is 5.97 Å². The van der Waals surface area contributed by atoms with Gasteiger partial charge in [-0.1, -0.05) is 17.7 Å². The van der Waals surface area contributed by atoms with E-state index in [-0.39, 0.29) is 24.0 Å². The number of rotatable bonds is 9. The summed E-state index contributed by atoms with van der Waals surface area (Å²) in [4.78, 5) is 49.8. The molecule has 0 aliphatic carbocycles. The van der Waals surface area contributed by atoms with Crippen LogP contribution < -0.4 is 14.8 Å². The van der Waals surface area contributed by atoms with Gasteiger partial charge in [0.05, 0.1) is 23.1 Å². The molecule has 0 atom stereocenters. The predicted molar refractivity (Wildman–Crippen MR) is 135 cm³/mol. The standard InChI is InChI=1S/C24H23BrN2O7S/c1-4-33-21(29)12-27-23(30)19(35-24(27)31)11-15-9-17(25)22(18(10-15)32-3)34-13-20(28)26-16-7-5-14(2)6-8-16/h5-11H,4,12-13H2,1-3H3,(H,26,28)/b19-11+. The van der Waals surface area contributed by atoms with Gasteiger partial charge in [-0.2, -0.15) is 0 Å². The number of methoxy groups -OCH3 is 1. The van der Waals surface area contributed by atoms with Crippen molar-refractivity contribution in [1.29, 1.82) is 0 Å². The molecule has 0 unspecified atom stereocenters. The Labute approximate surface area is 214 Å². The van der Waals surface area contributed by atoms with Gasteiger partial charge in [0.15, 0.2) is 18.1 Å². The Morgan fingerprint density at radius 2 is 1.89 bits per heavy atom. The molecule has 11 heteroatoms. The van der Waals surface area contributed by atoms with Gasteiger partial charge in [0.25, 0.3) is 17.1 Å². The van der Waals surface area contributed by atoms with Gasteiger partial charge in [0.2, 0.25) is 0 Å². The fourth-order valence-electron chi connectivity index (χ4n) is 3.06. The van der Waals surface area contributed by atoms with Gasteiger partial charge in [-0.3, -0.25) is 24.1 Å². The molecule has 2 aromatic carbocycles. The van der Waals surface area contributed by atoms with Crippen LogP contribution in [0.5, 0.6) is 11.5 Å². The lowest BCUT2D eigenvalue weighted by Crippen LogP contribution is -2.34. The molecule has 3 rings (SSSR count). The molecule has 1 heterocycles. The van der Waals surface area contributed by atoms with Crippen molar-refractivity contribution >= 4 is 62.5 Å². The Balaban J connectivity index is 1.71. The molecule has 35 heavy (non-hydrogen) atoms. The number of nitrogens with one attached hydrogen (secondary N) is 1. The van der Waals surface area contributed by atoms with Crippen LogP contribution in [0.4, 0.5) is 10.5 Å². The molecule has 0 bridgehead atoms. The van der Waals surface area contributed by atoms with Crippen LogP contribution in [0.15, 0.2) is 45.8 Å². The number of hydrogen-bond donors (Lipinski definition) is 1. The van der Waals surface area contributed by atoms with E-state index in [0.29, 0.717) is 27.2 Å². The van der Waals surface area contributed by atoms with Crippen LogP contribution in [0, 0.1) is 6.92 Å². The number of carbonyl (C=O) groups is 4. The lowest BCUT2D eigenvalue weighted by molar-refractivity contribution is -0.146. The summed E-state index contributed by atoms with van der Waals surface area (Å²) in [6.07, 6.45) is 1.51. The second-order valence-corrected chi connectivity index (χ2v) is 9.16. The summed E-state index contributed by atoms with van der Waals surface area (Å²) in [5.41, 5.74) is 2.28. The lowest BCUT2D eigenvalue weighted by atomic mass is 10.2. The van der Waals surface area contributed by atoms with Crippen LogP contribution in [-0.2, 0) is 19.1 Å². The number of ether oxygens (including phenoxy) is 3. The molecule has 0 spiro atoms. The first-order valence-corrected chi connectivity index (χ1v) is 12.1. The molecule has 1 aliphatic heterocycles. The van der Waals surface area contributed by atoms with E-state index in [1.807, 2.05) is 19.1 Å². The van der Waals surface area contributed by atoms with Crippen molar-refractivity contribution in [3.8, 4) is 11.5 Å². The number of hydrogen-bond acceptors (Lipinski definition) is 8. The molecule has 1 aliphatic rings. The van der Waals surface area contributed by atoms with Gasteiger partial charge in [-0.15, -0.1) is 0 Å². The molecular formula is C24H23BrN2O7S. The van der Waals surface area contributed by atoms with Gasteiger partial charge < -0.3 is 19.5 Å². The zero-order chi connectivity index (χ0) is 25.5. The number of benzene rings is 2. The Bertz CT molecular complexity index is 1180. The van der Waals surface area contributed by atoms with Crippen LogP contribution >= 0.6 is 27.7 Å². The van der Waals surface area contributed by atoms with Crippen LogP contribution in [0.1, 0.15) is 18.1 Å². The van der Waals surface area contributed by atoms with E-state index in [1.165, 1.54) is 13.2 Å². The zero-order valence-electron chi connectivity index (χ0n) is 19.3. The van der Waals surface area contributed by atoms with Crippen molar-refractivity contribution in [2.24, 2.45) is 0 Å². The summed E-state index contributed by atoms with van der Waals surface area (Å²) in [6, 6.07) is 10.6. The maximum Gasteiger partial charge on any atom is 0.326 e. The highest BCUT2D eigenvalue weighted by Crippen LogP contribution is 2.39. The average molecular weight is 563 g/mol. The summed E-state index contributed by atoms with van der Waals surface area (Å²) in [5, 5.41) is 2.20. The number of anilines is 1. The van der Waals surface area contributed by atoms with Crippen molar-refractivity contribution in [2.75, 3.05) is 32.2 Å². The van der Waals surface area contributed by atoms with E-state index in [2.05, 4.69) is 21.2 Å². The minimum Gasteiger partial charge on any atom is -0.493 e. The molecule has 3 amide bonds. The Kier molecular flexibility index (Phi) is 8.94. The highest BCUT2D eigenvalue weighted by atomic mass is 79.9. The number of nitrogens with zero attached hydrogens (tertiary/aromatic N) is 1. The number of imide groups is 1. The number of halogens is 1. The van der Waals surface area contributed by atoms with Crippen LogP contribution in [0.25, 0.3) is 6.08 Å². The van der Waals surface area contributed by atoms with Crippen molar-refractivity contribution in [3.63, 3.8) is 0 Å². The molecule has 2 aromatic rings. The van der Waals surface area contributed by atoms with Crippen molar-refractivity contribution in [3.05, 3.63) is 56.9 Å². The van der Waals surface area contributed by atoms with E-state index < -0.39 is 23.7 Å². The van der Waals surface area contributed by atoms with Crippen molar-refractivity contribution in [2.45, 2.75) is 13.8 Å². The molecular weight excluding hydrogens is 540 g/mol. The number of thioether (sulfide) groups is 1. The first kappa shape index (κ1) is 26.3. The molecule has 1 saturated heterocycles. The summed E-state index contributed by atoms with van der Waals surface area (Å²) < 4.78 is 16.4. The van der Waals surface area contributed by atoms with Crippen molar-refractivity contribution in [1.82, 2.24) is 4.90 Å². The second-order valence-electron chi connectivity index (χ2n) is 7.31. The Hall–Kier alpha value is -3.31. The molecule has 9 nitrogen and oxygen atoms in total. The van der Waals surface area contributed by atoms with E-state index in [1.54, 1.807) is 31.2 Å². The largest absolute Gasteiger partial charge is 0.493 e. The van der Waals surface area contributed by atoms with Gasteiger partial charge in [0.1, 0.15) is 6.54 Å². The maximum absolute atomic E-state index is 12.6. The normalized spacial score (nSPS) is 14.3. The van der Waals surface area contributed by atoms with E-state index in [9.17, 15) is 19.2 Å². The lowest BCUT2D eigenvalue weighted by Gasteiger charge is -2.14. The molecule has 184 valence electrons. The second kappa shape index (κ2) is 11.9. The summed E-state index contributed by atoms with van der Waals surface area (Å²) in [6.45, 7) is 3.05. The minimum atomic E-state index is -0.659. The average Bonchev–Trinajstić information content (AvgIpc) is 3.07. The third kappa shape index (κ3) is 6.86. The summed E-state index contributed by atoms with van der Waals surface area (Å²) in [7, 11) is 1.44. The maximum atomic E-state index is 12.6. The van der Waals surface area contributed by atoms with E-state index >= 15 is 0 Å². The highest BCUT2D eigenvalue weighted by molar-refractivity contribution is 9.10. The number of amides is 3. The quantitative estimate of drug-likeness (QED) is 0.354. The predicted octanol–water partition coefficient (Wildman–Crippen LogP) is 4.38. The fourth-order valence-corrected chi connectivity index (χ4v) is 4.47. The molecule has 0 saturated carbocycles. The fraction of sp³-hybridized carbons (Fsp3) is 0.250. The number of carbonyl (C=O) groups excluding carboxylic acids is 4. The SMILES string of the molecule is CCOC(=O)CN1C(=O)S/C(=C/c2cc(Br)c(OCC(=O)Nc3ccc(C)cc3)c(OC)c2)C1=O. The van der Waals surface area contributed by atoms with Crippen LogP contribution in [-0.4, -0.2) is 54.8 Å². The summed E-state index contributed by atoms with van der Waals surface area (Å²) in [5.74, 6) is -0.967. The minimum absolute atomic E-state index is 0.152. The first-order chi connectivity index (χ1) is 16.7. The van der Waals surface area contributed by atoms with E-state index in [4.69, 9.17) is 14.2 Å². The highest BCUT2D eigenvalue weighted by Gasteiger charge is 2.36. The number of esters is 1. The van der Waals surface area contributed by atoms with E-state index in [0.717, 1.165) is 22.2 Å². The monoisotopic (exact) mass is 562 g/mol. The Morgan fingerprint density at radius 3 is 2.54 bits per heavy atom. The van der Waals surface area contributed by atoms with Gasteiger partial charge in [-0.25, -0.2) is 0 Å². The zero-order valence-corrected chi connectivity index (χ0v) is 21.7. The molecule has 0 radical (unpaired) electrons. The Morgan fingerprint density at radius 1 is 1.17 bits per heavy atom.